The molecule has 134 valence electrons. The second-order valence-electron chi connectivity index (χ2n) is 5.85. The number of ether oxygens (including phenoxy) is 2. The number of hydrogen-bond donors (Lipinski definition) is 0. The summed E-state index contributed by atoms with van der Waals surface area (Å²) in [6.45, 7) is 0.364. The van der Waals surface area contributed by atoms with E-state index in [0.29, 0.717) is 35.6 Å². The maximum atomic E-state index is 12.7. The number of hydrogen-bond acceptors (Lipinski definition) is 5. The Labute approximate surface area is 156 Å². The van der Waals surface area contributed by atoms with E-state index < -0.39 is 0 Å². The Kier molecular flexibility index (Phi) is 5.39. The first-order valence-corrected chi connectivity index (χ1v) is 8.37. The van der Waals surface area contributed by atoms with Crippen molar-refractivity contribution in [3.8, 4) is 23.6 Å². The van der Waals surface area contributed by atoms with Gasteiger partial charge in [0, 0.05) is 35.3 Å². The van der Waals surface area contributed by atoms with Crippen molar-refractivity contribution >= 4 is 16.7 Å². The summed E-state index contributed by atoms with van der Waals surface area (Å²) in [6, 6.07) is 16.5. The zero-order valence-corrected chi connectivity index (χ0v) is 14.8. The molecule has 0 saturated heterocycles. The van der Waals surface area contributed by atoms with E-state index in [1.165, 1.54) is 7.11 Å². The highest BCUT2D eigenvalue weighted by atomic mass is 16.5. The first kappa shape index (κ1) is 18.0. The number of carbonyl (C=O) groups excluding carboxylic acids is 1. The Morgan fingerprint density at radius 1 is 1.15 bits per heavy atom. The van der Waals surface area contributed by atoms with Gasteiger partial charge in [0.25, 0.3) is 0 Å². The normalized spacial score (nSPS) is 10.2. The van der Waals surface area contributed by atoms with Crippen molar-refractivity contribution < 1.29 is 14.3 Å². The van der Waals surface area contributed by atoms with E-state index in [-0.39, 0.29) is 12.4 Å². The van der Waals surface area contributed by atoms with Crippen LogP contribution in [0.15, 0.2) is 48.7 Å². The van der Waals surface area contributed by atoms with Crippen LogP contribution in [0.25, 0.3) is 10.9 Å². The molecule has 3 rings (SSSR count). The van der Waals surface area contributed by atoms with Crippen LogP contribution in [0.5, 0.6) is 11.5 Å². The second-order valence-corrected chi connectivity index (χ2v) is 5.85. The molecule has 0 N–H and O–H groups in total. The van der Waals surface area contributed by atoms with Gasteiger partial charge in [0.2, 0.25) is 5.78 Å². The van der Waals surface area contributed by atoms with E-state index in [0.717, 1.165) is 10.9 Å². The molecule has 1 heterocycles. The largest absolute Gasteiger partial charge is 0.493 e. The molecule has 0 bridgehead atoms. The quantitative estimate of drug-likeness (QED) is 0.600. The number of carbonyl (C=O) groups is 1. The molecule has 0 aliphatic heterocycles. The van der Waals surface area contributed by atoms with E-state index in [4.69, 9.17) is 20.0 Å². The molecule has 0 fully saturated rings. The van der Waals surface area contributed by atoms with E-state index in [1.807, 2.05) is 34.9 Å². The highest BCUT2D eigenvalue weighted by Crippen LogP contribution is 2.28. The molecule has 0 atom stereocenters. The minimum atomic E-state index is -0.173. The third kappa shape index (κ3) is 3.75. The van der Waals surface area contributed by atoms with Crippen LogP contribution in [0.3, 0.4) is 0 Å². The summed E-state index contributed by atoms with van der Waals surface area (Å²) in [4.78, 5) is 12.7. The Morgan fingerprint density at radius 2 is 1.96 bits per heavy atom. The molecule has 6 heteroatoms. The van der Waals surface area contributed by atoms with E-state index in [2.05, 4.69) is 6.07 Å². The van der Waals surface area contributed by atoms with Crippen LogP contribution in [0.4, 0.5) is 0 Å². The summed E-state index contributed by atoms with van der Waals surface area (Å²) in [7, 11) is 1.48. The first-order valence-electron chi connectivity index (χ1n) is 8.37. The number of methoxy groups -OCH3 is 1. The molecule has 0 saturated carbocycles. The Balaban J connectivity index is 1.83. The molecule has 0 amide bonds. The fourth-order valence-electron chi connectivity index (χ4n) is 2.90. The van der Waals surface area contributed by atoms with Crippen molar-refractivity contribution in [2.45, 2.75) is 13.0 Å². The van der Waals surface area contributed by atoms with Crippen LogP contribution in [0, 0.1) is 22.7 Å². The topological polar surface area (TPSA) is 88.0 Å². The van der Waals surface area contributed by atoms with Crippen LogP contribution in [0.2, 0.25) is 0 Å². The molecule has 3 aromatic rings. The molecular weight excluding hydrogens is 342 g/mol. The SMILES string of the molecule is COc1cc(C#N)ccc1OCC(=O)c1cn(CCC#N)c2ccccc12. The summed E-state index contributed by atoms with van der Waals surface area (Å²) in [5.41, 5.74) is 1.91. The summed E-state index contributed by atoms with van der Waals surface area (Å²) >= 11 is 0. The van der Waals surface area contributed by atoms with Crippen molar-refractivity contribution in [2.24, 2.45) is 0 Å². The van der Waals surface area contributed by atoms with Crippen LogP contribution in [0.1, 0.15) is 22.3 Å². The number of benzene rings is 2. The van der Waals surface area contributed by atoms with Crippen molar-refractivity contribution in [2.75, 3.05) is 13.7 Å². The van der Waals surface area contributed by atoms with Gasteiger partial charge in [-0.3, -0.25) is 4.79 Å². The number of para-hydroxylation sites is 1. The number of Topliss-reactive ketones (excluding diaryl/α,β-unsaturated/α-hetero) is 1. The zero-order valence-electron chi connectivity index (χ0n) is 14.8. The van der Waals surface area contributed by atoms with E-state index in [1.54, 1.807) is 24.4 Å². The number of aromatic nitrogens is 1. The van der Waals surface area contributed by atoms with Crippen molar-refractivity contribution in [3.05, 3.63) is 59.8 Å². The summed E-state index contributed by atoms with van der Waals surface area (Å²) in [5.74, 6) is 0.629. The molecule has 0 aliphatic carbocycles. The van der Waals surface area contributed by atoms with Crippen molar-refractivity contribution in [1.82, 2.24) is 4.57 Å². The van der Waals surface area contributed by atoms with Gasteiger partial charge in [-0.15, -0.1) is 0 Å². The monoisotopic (exact) mass is 359 g/mol. The Bertz CT molecular complexity index is 1070. The van der Waals surface area contributed by atoms with Gasteiger partial charge in [-0.2, -0.15) is 10.5 Å². The van der Waals surface area contributed by atoms with Gasteiger partial charge >= 0.3 is 0 Å². The molecule has 6 nitrogen and oxygen atoms in total. The van der Waals surface area contributed by atoms with Gasteiger partial charge in [-0.25, -0.2) is 0 Å². The second kappa shape index (κ2) is 8.07. The smallest absolute Gasteiger partial charge is 0.202 e. The molecule has 2 aromatic carbocycles. The van der Waals surface area contributed by atoms with E-state index in [9.17, 15) is 4.79 Å². The summed E-state index contributed by atoms with van der Waals surface area (Å²) < 4.78 is 12.8. The number of rotatable bonds is 7. The minimum Gasteiger partial charge on any atom is -0.493 e. The van der Waals surface area contributed by atoms with Crippen LogP contribution < -0.4 is 9.47 Å². The highest BCUT2D eigenvalue weighted by Gasteiger charge is 2.16. The number of nitrogens with zero attached hydrogens (tertiary/aromatic N) is 3. The predicted molar refractivity (Wildman–Crippen MR) is 99.7 cm³/mol. The third-order valence-electron chi connectivity index (χ3n) is 4.20. The van der Waals surface area contributed by atoms with Crippen molar-refractivity contribution in [1.29, 1.82) is 10.5 Å². The summed E-state index contributed by atoms with van der Waals surface area (Å²) in [5, 5.41) is 18.6. The standard InChI is InChI=1S/C21H17N3O3/c1-26-21-11-15(12-23)7-8-20(21)27-14-19(25)17-13-24(10-4-9-22)18-6-3-2-5-16(17)18/h2-3,5-8,11,13H,4,10,14H2,1H3. The minimum absolute atomic E-state index is 0.158. The van der Waals surface area contributed by atoms with Gasteiger partial charge in [0.1, 0.15) is 0 Å². The number of nitriles is 2. The lowest BCUT2D eigenvalue weighted by molar-refractivity contribution is 0.0921. The fraction of sp³-hybridized carbons (Fsp3) is 0.190. The molecular formula is C21H17N3O3. The number of aryl methyl sites for hydroxylation is 1. The fourth-order valence-corrected chi connectivity index (χ4v) is 2.90. The third-order valence-corrected chi connectivity index (χ3v) is 4.20. The van der Waals surface area contributed by atoms with Gasteiger partial charge < -0.3 is 14.0 Å². The Morgan fingerprint density at radius 3 is 2.70 bits per heavy atom. The molecule has 0 radical (unpaired) electrons. The average molecular weight is 359 g/mol. The lowest BCUT2D eigenvalue weighted by Gasteiger charge is -2.10. The molecule has 0 spiro atoms. The van der Waals surface area contributed by atoms with Gasteiger partial charge in [0.15, 0.2) is 18.1 Å². The Hall–Kier alpha value is -3.77. The maximum Gasteiger partial charge on any atom is 0.202 e. The maximum absolute atomic E-state index is 12.7. The number of fused-ring (bicyclic) bond motifs is 1. The van der Waals surface area contributed by atoms with Crippen molar-refractivity contribution in [3.63, 3.8) is 0 Å². The lowest BCUT2D eigenvalue weighted by Crippen LogP contribution is -2.12. The van der Waals surface area contributed by atoms with Gasteiger partial charge in [-0.05, 0) is 18.2 Å². The zero-order chi connectivity index (χ0) is 19.2. The highest BCUT2D eigenvalue weighted by molar-refractivity contribution is 6.08. The number of ketones is 1. The van der Waals surface area contributed by atoms with Gasteiger partial charge in [-0.1, -0.05) is 18.2 Å². The summed E-state index contributed by atoms with van der Waals surface area (Å²) in [6.07, 6.45) is 2.13. The van der Waals surface area contributed by atoms with E-state index >= 15 is 0 Å². The molecule has 1 aromatic heterocycles. The first-order chi connectivity index (χ1) is 13.2. The van der Waals surface area contributed by atoms with Gasteiger partial charge in [0.05, 0.1) is 31.2 Å². The average Bonchev–Trinajstić information content (AvgIpc) is 3.09. The predicted octanol–water partition coefficient (Wildman–Crippen LogP) is 3.70. The van der Waals surface area contributed by atoms with Crippen LogP contribution in [-0.2, 0) is 6.54 Å². The molecule has 0 aliphatic rings. The molecule has 0 unspecified atom stereocenters. The van der Waals surface area contributed by atoms with Crippen LogP contribution in [-0.4, -0.2) is 24.1 Å². The lowest BCUT2D eigenvalue weighted by atomic mass is 10.1. The molecule has 27 heavy (non-hydrogen) atoms. The van der Waals surface area contributed by atoms with Crippen LogP contribution >= 0.6 is 0 Å².